The van der Waals surface area contributed by atoms with E-state index in [0.717, 1.165) is 17.5 Å². The Kier molecular flexibility index (Phi) is 4.47. The second-order valence-corrected chi connectivity index (χ2v) is 7.12. The summed E-state index contributed by atoms with van der Waals surface area (Å²) in [5.74, 6) is 0.345. The van der Waals surface area contributed by atoms with Crippen LogP contribution in [0.1, 0.15) is 23.3 Å². The van der Waals surface area contributed by atoms with Crippen molar-refractivity contribution in [3.63, 3.8) is 0 Å². The summed E-state index contributed by atoms with van der Waals surface area (Å²) in [6, 6.07) is 23.9. The minimum absolute atomic E-state index is 0.0837. The van der Waals surface area contributed by atoms with Crippen LogP contribution in [-0.2, 0) is 10.2 Å². The van der Waals surface area contributed by atoms with Gasteiger partial charge in [0.25, 0.3) is 0 Å². The predicted octanol–water partition coefficient (Wildman–Crippen LogP) is 4.50. The van der Waals surface area contributed by atoms with E-state index in [1.165, 1.54) is 6.21 Å². The first kappa shape index (κ1) is 16.8. The Morgan fingerprint density at radius 2 is 1.65 bits per heavy atom. The highest BCUT2D eigenvalue weighted by molar-refractivity contribution is 9.10. The molecule has 1 N–H and O–H groups in total. The lowest BCUT2D eigenvalue weighted by Crippen LogP contribution is -2.25. The first-order valence-corrected chi connectivity index (χ1v) is 9.19. The van der Waals surface area contributed by atoms with Crippen LogP contribution in [0.3, 0.4) is 0 Å². The molecule has 26 heavy (non-hydrogen) atoms. The Hall–Kier alpha value is -2.66. The average molecular weight is 409 g/mol. The van der Waals surface area contributed by atoms with E-state index in [2.05, 4.69) is 50.7 Å². The van der Waals surface area contributed by atoms with Gasteiger partial charge in [-0.05, 0) is 45.6 Å². The largest absolute Gasteiger partial charge is 0.448 e. The van der Waals surface area contributed by atoms with Gasteiger partial charge >= 0.3 is 0 Å². The van der Waals surface area contributed by atoms with Crippen molar-refractivity contribution in [2.24, 2.45) is 11.0 Å². The Morgan fingerprint density at radius 1 is 1.04 bits per heavy atom. The Bertz CT molecular complexity index is 895. The number of amides is 1. The first-order chi connectivity index (χ1) is 12.7. The molecule has 0 saturated heterocycles. The molecule has 1 heterocycles. The second-order valence-electron chi connectivity index (χ2n) is 6.34. The number of nitrogens with zero attached hydrogens (tertiary/aromatic N) is 1. The fraction of sp³-hybridized carbons (Fsp3) is 0.143. The van der Waals surface area contributed by atoms with Crippen LogP contribution in [0, 0.1) is 5.92 Å². The number of benzene rings is 2. The molecule has 0 spiro atoms. The van der Waals surface area contributed by atoms with Crippen molar-refractivity contribution in [3.05, 3.63) is 94.4 Å². The molecule has 5 heteroatoms. The molecular formula is C21H17BrN2O2. The third-order valence-corrected chi connectivity index (χ3v) is 5.24. The number of hydrogen-bond donors (Lipinski definition) is 1. The van der Waals surface area contributed by atoms with Crippen LogP contribution in [0.2, 0.25) is 0 Å². The maximum atomic E-state index is 12.7. The minimum atomic E-state index is -0.282. The summed E-state index contributed by atoms with van der Waals surface area (Å²) < 4.78 is 5.96. The molecule has 0 radical (unpaired) electrons. The third-order valence-electron chi connectivity index (χ3n) is 4.82. The number of carbonyl (C=O) groups is 1. The van der Waals surface area contributed by atoms with Crippen molar-refractivity contribution in [2.75, 3.05) is 0 Å². The zero-order chi connectivity index (χ0) is 18.0. The smallest absolute Gasteiger partial charge is 0.244 e. The number of carbonyl (C=O) groups excluding carboxylic acids is 1. The Morgan fingerprint density at radius 3 is 2.19 bits per heavy atom. The molecule has 0 bridgehead atoms. The van der Waals surface area contributed by atoms with Gasteiger partial charge in [0.05, 0.1) is 12.1 Å². The second kappa shape index (κ2) is 6.92. The van der Waals surface area contributed by atoms with Gasteiger partial charge in [-0.15, -0.1) is 0 Å². The monoisotopic (exact) mass is 408 g/mol. The van der Waals surface area contributed by atoms with E-state index in [1.807, 2.05) is 36.4 Å². The Labute approximate surface area is 160 Å². The van der Waals surface area contributed by atoms with Gasteiger partial charge in [0.2, 0.25) is 5.91 Å². The number of furan rings is 1. The summed E-state index contributed by atoms with van der Waals surface area (Å²) in [5, 5.41) is 4.03. The summed E-state index contributed by atoms with van der Waals surface area (Å²) in [6.45, 7) is 0. The standard InChI is InChI=1S/C21H17BrN2O2/c22-19-12-11-17(26-19)14-23-24-20(25)18-13-21(18,15-7-3-1-4-8-15)16-9-5-2-6-10-16/h1-12,14,18H,13H2,(H,24,25)/b23-14-/t18-/m1/s1. The van der Waals surface area contributed by atoms with Crippen LogP contribution < -0.4 is 5.43 Å². The lowest BCUT2D eigenvalue weighted by Gasteiger charge is -2.18. The van der Waals surface area contributed by atoms with Crippen molar-refractivity contribution in [1.82, 2.24) is 5.43 Å². The van der Waals surface area contributed by atoms with Gasteiger partial charge in [0, 0.05) is 5.41 Å². The fourth-order valence-electron chi connectivity index (χ4n) is 3.49. The van der Waals surface area contributed by atoms with Gasteiger partial charge in [0.1, 0.15) is 5.76 Å². The van der Waals surface area contributed by atoms with E-state index in [9.17, 15) is 4.79 Å². The molecule has 1 aromatic heterocycles. The molecule has 1 aliphatic rings. The van der Waals surface area contributed by atoms with Crippen LogP contribution in [0.25, 0.3) is 0 Å². The number of rotatable bonds is 5. The molecule has 4 nitrogen and oxygen atoms in total. The van der Waals surface area contributed by atoms with Crippen LogP contribution in [0.5, 0.6) is 0 Å². The van der Waals surface area contributed by atoms with Crippen molar-refractivity contribution < 1.29 is 9.21 Å². The number of hydrazone groups is 1. The number of hydrogen-bond acceptors (Lipinski definition) is 3. The molecular weight excluding hydrogens is 392 g/mol. The molecule has 2 aromatic carbocycles. The molecule has 1 saturated carbocycles. The quantitative estimate of drug-likeness (QED) is 0.499. The molecule has 0 unspecified atom stereocenters. The summed E-state index contributed by atoms with van der Waals surface area (Å²) in [4.78, 5) is 12.7. The lowest BCUT2D eigenvalue weighted by molar-refractivity contribution is -0.122. The third kappa shape index (κ3) is 3.10. The maximum Gasteiger partial charge on any atom is 0.244 e. The molecule has 4 rings (SSSR count). The molecule has 1 fully saturated rings. The normalized spacial score (nSPS) is 18.0. The zero-order valence-electron chi connectivity index (χ0n) is 13.9. The van der Waals surface area contributed by atoms with E-state index in [1.54, 1.807) is 12.1 Å². The minimum Gasteiger partial charge on any atom is -0.448 e. The molecule has 3 aromatic rings. The van der Waals surface area contributed by atoms with Gasteiger partial charge in [-0.1, -0.05) is 60.7 Å². The summed E-state index contributed by atoms with van der Waals surface area (Å²) >= 11 is 3.24. The molecule has 130 valence electrons. The molecule has 0 aliphatic heterocycles. The van der Waals surface area contributed by atoms with Gasteiger partial charge in [-0.3, -0.25) is 4.79 Å². The van der Waals surface area contributed by atoms with Crippen molar-refractivity contribution in [3.8, 4) is 0 Å². The molecule has 1 amide bonds. The van der Waals surface area contributed by atoms with E-state index >= 15 is 0 Å². The molecule has 1 aliphatic carbocycles. The fourth-order valence-corrected chi connectivity index (χ4v) is 3.81. The highest BCUT2D eigenvalue weighted by atomic mass is 79.9. The van der Waals surface area contributed by atoms with Gasteiger partial charge < -0.3 is 4.42 Å². The van der Waals surface area contributed by atoms with E-state index < -0.39 is 0 Å². The SMILES string of the molecule is O=C(N/N=C\c1ccc(Br)o1)[C@H]1CC1(c1ccccc1)c1ccccc1. The predicted molar refractivity (Wildman–Crippen MR) is 104 cm³/mol. The lowest BCUT2D eigenvalue weighted by atomic mass is 9.85. The summed E-state index contributed by atoms with van der Waals surface area (Å²) in [7, 11) is 0. The topological polar surface area (TPSA) is 54.6 Å². The van der Waals surface area contributed by atoms with Crippen molar-refractivity contribution >= 4 is 28.1 Å². The van der Waals surface area contributed by atoms with E-state index in [4.69, 9.17) is 4.42 Å². The maximum absolute atomic E-state index is 12.7. The van der Waals surface area contributed by atoms with Crippen molar-refractivity contribution in [2.45, 2.75) is 11.8 Å². The Balaban J connectivity index is 1.55. The van der Waals surface area contributed by atoms with Crippen LogP contribution in [-0.4, -0.2) is 12.1 Å². The molecule has 1 atom stereocenters. The highest BCUT2D eigenvalue weighted by Gasteiger charge is 2.60. The highest BCUT2D eigenvalue weighted by Crippen LogP contribution is 2.58. The average Bonchev–Trinajstić information content (AvgIpc) is 3.32. The van der Waals surface area contributed by atoms with Crippen molar-refractivity contribution in [1.29, 1.82) is 0 Å². The van der Waals surface area contributed by atoms with Gasteiger partial charge in [-0.25, -0.2) is 5.43 Å². The van der Waals surface area contributed by atoms with E-state index in [0.29, 0.717) is 10.4 Å². The van der Waals surface area contributed by atoms with Crippen LogP contribution in [0.15, 0.2) is 87.0 Å². The summed E-state index contributed by atoms with van der Waals surface area (Å²) in [5.41, 5.74) is 4.69. The zero-order valence-corrected chi connectivity index (χ0v) is 15.5. The van der Waals surface area contributed by atoms with Crippen LogP contribution >= 0.6 is 15.9 Å². The first-order valence-electron chi connectivity index (χ1n) is 8.39. The van der Waals surface area contributed by atoms with Gasteiger partial charge in [0.15, 0.2) is 4.67 Å². The van der Waals surface area contributed by atoms with Crippen LogP contribution in [0.4, 0.5) is 0 Å². The van der Waals surface area contributed by atoms with E-state index in [-0.39, 0.29) is 17.2 Å². The van der Waals surface area contributed by atoms with Gasteiger partial charge in [-0.2, -0.15) is 5.10 Å². The number of halogens is 1. The number of nitrogens with one attached hydrogen (secondary N) is 1. The summed E-state index contributed by atoms with van der Waals surface area (Å²) in [6.07, 6.45) is 2.27.